The molecule has 92 valence electrons. The van der Waals surface area contributed by atoms with Crippen LogP contribution in [0.25, 0.3) is 0 Å². The lowest BCUT2D eigenvalue weighted by atomic mass is 10.2. The van der Waals surface area contributed by atoms with Crippen molar-refractivity contribution in [2.24, 2.45) is 5.73 Å². The Balaban J connectivity index is 2.92. The maximum Gasteiger partial charge on any atom is 0.241 e. The Morgan fingerprint density at radius 1 is 1.24 bits per heavy atom. The van der Waals surface area contributed by atoms with Crippen molar-refractivity contribution in [1.29, 1.82) is 0 Å². The number of carboxylic acids is 1. The van der Waals surface area contributed by atoms with Crippen molar-refractivity contribution in [3.8, 4) is 0 Å². The summed E-state index contributed by atoms with van der Waals surface area (Å²) in [5.41, 5.74) is 4.65. The van der Waals surface area contributed by atoms with E-state index in [1.807, 2.05) is 4.72 Å². The predicted octanol–water partition coefficient (Wildman–Crippen LogP) is -2.19. The van der Waals surface area contributed by atoms with Crippen LogP contribution in [0, 0.1) is 0 Å². The lowest BCUT2D eigenvalue weighted by Gasteiger charge is -2.06. The van der Waals surface area contributed by atoms with Crippen LogP contribution >= 0.6 is 0 Å². The first-order valence-corrected chi connectivity index (χ1v) is 5.90. The molecule has 3 N–H and O–H groups in total. The summed E-state index contributed by atoms with van der Waals surface area (Å²) in [5, 5.41) is 10.4. The largest absolute Gasteiger partial charge is 0.545 e. The fourth-order valence-corrected chi connectivity index (χ4v) is 2.01. The van der Waals surface area contributed by atoms with Crippen LogP contribution in [0.15, 0.2) is 29.2 Å². The number of benzene rings is 1. The van der Waals surface area contributed by atoms with E-state index in [1.165, 1.54) is 0 Å². The molecule has 0 aromatic heterocycles. The minimum atomic E-state index is -3.86. The molecule has 0 unspecified atom stereocenters. The minimum absolute atomic E-state index is 0.140. The molecule has 0 saturated carbocycles. The summed E-state index contributed by atoms with van der Waals surface area (Å²) in [5.74, 6) is -2.22. The number of amides is 1. The van der Waals surface area contributed by atoms with Gasteiger partial charge < -0.3 is 15.6 Å². The average molecular weight is 257 g/mol. The van der Waals surface area contributed by atoms with Gasteiger partial charge in [-0.2, -0.15) is 0 Å². The summed E-state index contributed by atoms with van der Waals surface area (Å²) >= 11 is 0. The monoisotopic (exact) mass is 257 g/mol. The Morgan fingerprint density at radius 2 is 1.76 bits per heavy atom. The number of primary amides is 1. The molecule has 0 radical (unpaired) electrons. The zero-order valence-corrected chi connectivity index (χ0v) is 9.36. The number of hydrogen-bond acceptors (Lipinski definition) is 5. The molecule has 0 aliphatic carbocycles. The van der Waals surface area contributed by atoms with Crippen molar-refractivity contribution in [1.82, 2.24) is 4.72 Å². The highest BCUT2D eigenvalue weighted by atomic mass is 32.2. The molecule has 0 spiro atoms. The lowest BCUT2D eigenvalue weighted by Crippen LogP contribution is -2.33. The van der Waals surface area contributed by atoms with Crippen LogP contribution in [0.1, 0.15) is 10.4 Å². The number of nitrogens with two attached hydrogens (primary N) is 1. The maximum absolute atomic E-state index is 11.5. The van der Waals surface area contributed by atoms with Crippen molar-refractivity contribution in [2.75, 3.05) is 6.54 Å². The van der Waals surface area contributed by atoms with Crippen LogP contribution < -0.4 is 15.6 Å². The first kappa shape index (κ1) is 13.1. The van der Waals surface area contributed by atoms with E-state index in [0.717, 1.165) is 24.3 Å². The third-order valence-electron chi connectivity index (χ3n) is 1.84. The van der Waals surface area contributed by atoms with Gasteiger partial charge in [0.25, 0.3) is 0 Å². The fourth-order valence-electron chi connectivity index (χ4n) is 1.02. The van der Waals surface area contributed by atoms with Crippen molar-refractivity contribution in [3.05, 3.63) is 29.8 Å². The van der Waals surface area contributed by atoms with Crippen molar-refractivity contribution < 1.29 is 23.1 Å². The predicted molar refractivity (Wildman–Crippen MR) is 55.2 cm³/mol. The van der Waals surface area contributed by atoms with Crippen LogP contribution in [0.4, 0.5) is 0 Å². The second kappa shape index (κ2) is 4.93. The van der Waals surface area contributed by atoms with E-state index < -0.39 is 28.4 Å². The molecule has 7 nitrogen and oxygen atoms in total. The summed E-state index contributed by atoms with van der Waals surface area (Å²) in [7, 11) is -3.86. The van der Waals surface area contributed by atoms with Crippen LogP contribution in [0.2, 0.25) is 0 Å². The first-order valence-electron chi connectivity index (χ1n) is 4.42. The summed E-state index contributed by atoms with van der Waals surface area (Å²) in [4.78, 5) is 20.7. The Labute approximate surface area is 97.3 Å². The van der Waals surface area contributed by atoms with E-state index in [9.17, 15) is 23.1 Å². The third kappa shape index (κ3) is 3.54. The van der Waals surface area contributed by atoms with Crippen LogP contribution in [0.5, 0.6) is 0 Å². The molecule has 1 amide bonds. The molecule has 0 atom stereocenters. The zero-order valence-electron chi connectivity index (χ0n) is 8.54. The highest BCUT2D eigenvalue weighted by Crippen LogP contribution is 2.09. The van der Waals surface area contributed by atoms with Gasteiger partial charge in [0.15, 0.2) is 0 Å². The highest BCUT2D eigenvalue weighted by molar-refractivity contribution is 7.89. The van der Waals surface area contributed by atoms with E-state index in [1.54, 1.807) is 0 Å². The molecule has 8 heteroatoms. The summed E-state index contributed by atoms with van der Waals surface area (Å²) < 4.78 is 25.0. The Bertz CT molecular complexity index is 535. The molecule has 0 aliphatic heterocycles. The van der Waals surface area contributed by atoms with Crippen molar-refractivity contribution in [3.63, 3.8) is 0 Å². The number of rotatable bonds is 5. The second-order valence-electron chi connectivity index (χ2n) is 3.10. The standard InChI is InChI=1S/C9H10N2O5S/c10-8(12)5-11-17(15,16)7-3-1-6(2-4-7)9(13)14/h1-4,11H,5H2,(H2,10,12)(H,13,14)/p-1. The minimum Gasteiger partial charge on any atom is -0.545 e. The van der Waals surface area contributed by atoms with Crippen LogP contribution in [-0.2, 0) is 14.8 Å². The van der Waals surface area contributed by atoms with Gasteiger partial charge in [0.1, 0.15) is 0 Å². The van der Waals surface area contributed by atoms with E-state index in [-0.39, 0.29) is 10.5 Å². The molecule has 1 aromatic carbocycles. The summed E-state index contributed by atoms with van der Waals surface area (Å²) in [6, 6.07) is 4.37. The first-order chi connectivity index (χ1) is 7.83. The van der Waals surface area contributed by atoms with Gasteiger partial charge >= 0.3 is 0 Å². The van der Waals surface area contributed by atoms with E-state index >= 15 is 0 Å². The molecular weight excluding hydrogens is 248 g/mol. The Kier molecular flexibility index (Phi) is 3.81. The topological polar surface area (TPSA) is 129 Å². The Morgan fingerprint density at radius 3 is 2.18 bits per heavy atom. The van der Waals surface area contributed by atoms with E-state index in [2.05, 4.69) is 0 Å². The quantitative estimate of drug-likeness (QED) is 0.619. The fraction of sp³-hybridized carbons (Fsp3) is 0.111. The van der Waals surface area contributed by atoms with Crippen LogP contribution in [0.3, 0.4) is 0 Å². The zero-order chi connectivity index (χ0) is 13.1. The lowest BCUT2D eigenvalue weighted by molar-refractivity contribution is -0.255. The molecule has 0 fully saturated rings. The van der Waals surface area contributed by atoms with Gasteiger partial charge in [-0.15, -0.1) is 0 Å². The van der Waals surface area contributed by atoms with Gasteiger partial charge in [0.05, 0.1) is 17.4 Å². The molecular formula is C9H9N2O5S-. The van der Waals surface area contributed by atoms with Crippen molar-refractivity contribution in [2.45, 2.75) is 4.90 Å². The number of sulfonamides is 1. The highest BCUT2D eigenvalue weighted by Gasteiger charge is 2.14. The van der Waals surface area contributed by atoms with Gasteiger partial charge in [-0.25, -0.2) is 13.1 Å². The molecule has 0 saturated heterocycles. The number of hydrogen-bond donors (Lipinski definition) is 2. The third-order valence-corrected chi connectivity index (χ3v) is 3.25. The number of carbonyl (C=O) groups excluding carboxylic acids is 2. The van der Waals surface area contributed by atoms with Gasteiger partial charge in [-0.1, -0.05) is 12.1 Å². The molecule has 0 heterocycles. The molecule has 0 bridgehead atoms. The van der Waals surface area contributed by atoms with Gasteiger partial charge in [0, 0.05) is 0 Å². The molecule has 1 aromatic rings. The molecule has 17 heavy (non-hydrogen) atoms. The molecule has 0 aliphatic rings. The van der Waals surface area contributed by atoms with Crippen LogP contribution in [-0.4, -0.2) is 26.8 Å². The number of carboxylic acid groups (broad SMARTS) is 1. The summed E-state index contributed by atoms with van der Waals surface area (Å²) in [6.45, 7) is -0.523. The number of aromatic carboxylic acids is 1. The van der Waals surface area contributed by atoms with Gasteiger partial charge in [-0.05, 0) is 17.7 Å². The summed E-state index contributed by atoms with van der Waals surface area (Å²) in [6.07, 6.45) is 0. The maximum atomic E-state index is 11.5. The average Bonchev–Trinajstić information content (AvgIpc) is 2.27. The van der Waals surface area contributed by atoms with Gasteiger partial charge in [0.2, 0.25) is 15.9 Å². The smallest absolute Gasteiger partial charge is 0.241 e. The Hall–Kier alpha value is -1.93. The van der Waals surface area contributed by atoms with E-state index in [4.69, 9.17) is 5.73 Å². The van der Waals surface area contributed by atoms with E-state index in [0.29, 0.717) is 0 Å². The number of carbonyl (C=O) groups is 2. The van der Waals surface area contributed by atoms with Gasteiger partial charge in [-0.3, -0.25) is 4.79 Å². The second-order valence-corrected chi connectivity index (χ2v) is 4.87. The number of nitrogens with one attached hydrogen (secondary N) is 1. The van der Waals surface area contributed by atoms with Crippen molar-refractivity contribution >= 4 is 21.9 Å². The SMILES string of the molecule is NC(=O)CNS(=O)(=O)c1ccc(C(=O)[O-])cc1. The molecule has 1 rings (SSSR count). The normalized spacial score (nSPS) is 11.1.